The Morgan fingerprint density at radius 1 is 1.14 bits per heavy atom. The second-order valence-electron chi connectivity index (χ2n) is 7.48. The van der Waals surface area contributed by atoms with E-state index in [1.807, 2.05) is 39.0 Å². The second-order valence-corrected chi connectivity index (χ2v) is 9.40. The van der Waals surface area contributed by atoms with Crippen LogP contribution in [0.5, 0.6) is 0 Å². The molecular formula is C22H23Cl2NO3S. The molecule has 1 aliphatic rings. The van der Waals surface area contributed by atoms with Gasteiger partial charge in [0, 0.05) is 11.3 Å². The monoisotopic (exact) mass is 451 g/mol. The number of nitrogens with zero attached hydrogens (tertiary/aromatic N) is 1. The van der Waals surface area contributed by atoms with Gasteiger partial charge in [0.15, 0.2) is 0 Å². The van der Waals surface area contributed by atoms with Gasteiger partial charge in [0.1, 0.15) is 11.4 Å². The highest BCUT2D eigenvalue weighted by molar-refractivity contribution is 7.99. The van der Waals surface area contributed by atoms with E-state index in [0.29, 0.717) is 28.0 Å². The van der Waals surface area contributed by atoms with E-state index in [-0.39, 0.29) is 23.2 Å². The molecule has 1 aliphatic heterocycles. The number of thioether (sulfide) groups is 1. The number of esters is 1. The van der Waals surface area contributed by atoms with E-state index in [1.54, 1.807) is 29.2 Å². The molecule has 7 heteroatoms. The first-order chi connectivity index (χ1) is 13.8. The SMILES string of the molecule is Cc1ccc(C(=O)N2C(C(=O)OCC(C)C)CSC2c2ccc(Cl)c(Cl)c2)cc1. The fourth-order valence-electron chi connectivity index (χ4n) is 3.05. The molecule has 0 aliphatic carbocycles. The number of hydrogen-bond donors (Lipinski definition) is 0. The Kier molecular flexibility index (Phi) is 7.14. The van der Waals surface area contributed by atoms with Gasteiger partial charge in [0.05, 0.1) is 16.7 Å². The van der Waals surface area contributed by atoms with Crippen molar-refractivity contribution in [3.63, 3.8) is 0 Å². The maximum atomic E-state index is 13.4. The van der Waals surface area contributed by atoms with Crippen LogP contribution >= 0.6 is 35.0 Å². The highest BCUT2D eigenvalue weighted by Gasteiger charge is 2.43. The summed E-state index contributed by atoms with van der Waals surface area (Å²) in [6.07, 6.45) is 0. The molecule has 1 amide bonds. The van der Waals surface area contributed by atoms with Gasteiger partial charge in [0.2, 0.25) is 0 Å². The lowest BCUT2D eigenvalue weighted by atomic mass is 10.1. The molecule has 0 bridgehead atoms. The van der Waals surface area contributed by atoms with Gasteiger partial charge in [-0.3, -0.25) is 4.79 Å². The van der Waals surface area contributed by atoms with Crippen molar-refractivity contribution in [2.75, 3.05) is 12.4 Å². The molecular weight excluding hydrogens is 429 g/mol. The van der Waals surface area contributed by atoms with Crippen LogP contribution in [0.4, 0.5) is 0 Å². The van der Waals surface area contributed by atoms with E-state index < -0.39 is 6.04 Å². The fraction of sp³-hybridized carbons (Fsp3) is 0.364. The number of rotatable bonds is 5. The largest absolute Gasteiger partial charge is 0.464 e. The molecule has 2 aromatic rings. The van der Waals surface area contributed by atoms with E-state index in [4.69, 9.17) is 27.9 Å². The topological polar surface area (TPSA) is 46.6 Å². The smallest absolute Gasteiger partial charge is 0.329 e. The summed E-state index contributed by atoms with van der Waals surface area (Å²) >= 11 is 13.8. The Morgan fingerprint density at radius 3 is 2.45 bits per heavy atom. The highest BCUT2D eigenvalue weighted by Crippen LogP contribution is 2.43. The predicted octanol–water partition coefficient (Wildman–Crippen LogP) is 5.76. The van der Waals surface area contributed by atoms with Gasteiger partial charge < -0.3 is 9.64 Å². The Hall–Kier alpha value is -1.69. The van der Waals surface area contributed by atoms with Crippen LogP contribution < -0.4 is 0 Å². The van der Waals surface area contributed by atoms with Crippen molar-refractivity contribution in [1.29, 1.82) is 0 Å². The van der Waals surface area contributed by atoms with Crippen LogP contribution in [-0.4, -0.2) is 35.2 Å². The summed E-state index contributed by atoms with van der Waals surface area (Å²) < 4.78 is 5.46. The molecule has 0 N–H and O–H groups in total. The van der Waals surface area contributed by atoms with Gasteiger partial charge in [0.25, 0.3) is 5.91 Å². The van der Waals surface area contributed by atoms with Crippen molar-refractivity contribution in [3.8, 4) is 0 Å². The standard InChI is InChI=1S/C22H23Cl2NO3S/c1-13(2)11-28-22(27)19-12-29-21(16-8-9-17(23)18(24)10-16)25(19)20(26)15-6-4-14(3)5-7-15/h4-10,13,19,21H,11-12H2,1-3H3. The molecule has 2 unspecified atom stereocenters. The number of halogens is 2. The average molecular weight is 452 g/mol. The number of aryl methyl sites for hydroxylation is 1. The van der Waals surface area contributed by atoms with Crippen LogP contribution in [0, 0.1) is 12.8 Å². The van der Waals surface area contributed by atoms with Crippen molar-refractivity contribution >= 4 is 46.8 Å². The first kappa shape index (κ1) is 22.0. The van der Waals surface area contributed by atoms with E-state index in [9.17, 15) is 9.59 Å². The zero-order valence-electron chi connectivity index (χ0n) is 16.5. The molecule has 29 heavy (non-hydrogen) atoms. The quantitative estimate of drug-likeness (QED) is 0.542. The first-order valence-corrected chi connectivity index (χ1v) is 11.2. The molecule has 3 rings (SSSR count). The van der Waals surface area contributed by atoms with Crippen LogP contribution in [0.25, 0.3) is 0 Å². The van der Waals surface area contributed by atoms with Crippen LogP contribution in [-0.2, 0) is 9.53 Å². The third kappa shape index (κ3) is 5.08. The number of carbonyl (C=O) groups excluding carboxylic acids is 2. The summed E-state index contributed by atoms with van der Waals surface area (Å²) in [7, 11) is 0. The number of benzene rings is 2. The third-order valence-corrected chi connectivity index (χ3v) is 6.66. The Bertz CT molecular complexity index is 901. The van der Waals surface area contributed by atoms with Gasteiger partial charge in [-0.15, -0.1) is 11.8 Å². The molecule has 1 fully saturated rings. The van der Waals surface area contributed by atoms with Gasteiger partial charge in [-0.2, -0.15) is 0 Å². The lowest BCUT2D eigenvalue weighted by molar-refractivity contribution is -0.149. The maximum Gasteiger partial charge on any atom is 0.329 e. The zero-order valence-corrected chi connectivity index (χ0v) is 18.9. The van der Waals surface area contributed by atoms with Crippen LogP contribution in [0.15, 0.2) is 42.5 Å². The van der Waals surface area contributed by atoms with Crippen LogP contribution in [0.3, 0.4) is 0 Å². The van der Waals surface area contributed by atoms with Gasteiger partial charge >= 0.3 is 5.97 Å². The number of hydrogen-bond acceptors (Lipinski definition) is 4. The van der Waals surface area contributed by atoms with Gasteiger partial charge in [-0.25, -0.2) is 4.79 Å². The van der Waals surface area contributed by atoms with Crippen molar-refractivity contribution in [3.05, 3.63) is 69.2 Å². The molecule has 4 nitrogen and oxygen atoms in total. The van der Waals surface area contributed by atoms with Crippen molar-refractivity contribution < 1.29 is 14.3 Å². The minimum atomic E-state index is -0.660. The molecule has 1 heterocycles. The minimum absolute atomic E-state index is 0.211. The molecule has 154 valence electrons. The number of ether oxygens (including phenoxy) is 1. The Balaban J connectivity index is 1.94. The summed E-state index contributed by atoms with van der Waals surface area (Å²) in [5.41, 5.74) is 2.42. The average Bonchev–Trinajstić information content (AvgIpc) is 3.13. The van der Waals surface area contributed by atoms with E-state index in [2.05, 4.69) is 0 Å². The van der Waals surface area contributed by atoms with E-state index in [1.165, 1.54) is 11.8 Å². The Labute approximate surface area is 185 Å². The molecule has 2 atom stereocenters. The second kappa shape index (κ2) is 9.41. The molecule has 0 aromatic heterocycles. The van der Waals surface area contributed by atoms with E-state index in [0.717, 1.165) is 11.1 Å². The molecule has 2 aromatic carbocycles. The summed E-state index contributed by atoms with van der Waals surface area (Å²) in [5.74, 6) is 0.0892. The highest BCUT2D eigenvalue weighted by atomic mass is 35.5. The van der Waals surface area contributed by atoms with Crippen molar-refractivity contribution in [2.45, 2.75) is 32.2 Å². The molecule has 1 saturated heterocycles. The number of amides is 1. The van der Waals surface area contributed by atoms with Gasteiger partial charge in [-0.1, -0.05) is 60.8 Å². The number of carbonyl (C=O) groups is 2. The third-order valence-electron chi connectivity index (χ3n) is 4.59. The predicted molar refractivity (Wildman–Crippen MR) is 119 cm³/mol. The summed E-state index contributed by atoms with van der Waals surface area (Å²) in [6, 6.07) is 12.0. The van der Waals surface area contributed by atoms with Crippen molar-refractivity contribution in [2.24, 2.45) is 5.92 Å². The molecule has 0 radical (unpaired) electrons. The normalized spacial score (nSPS) is 18.9. The van der Waals surface area contributed by atoms with Crippen LogP contribution in [0.1, 0.15) is 40.7 Å². The lowest BCUT2D eigenvalue weighted by Gasteiger charge is -2.29. The summed E-state index contributed by atoms with van der Waals surface area (Å²) in [4.78, 5) is 27.8. The molecule has 0 saturated carbocycles. The fourth-order valence-corrected chi connectivity index (χ4v) is 4.76. The minimum Gasteiger partial charge on any atom is -0.464 e. The summed E-state index contributed by atoms with van der Waals surface area (Å²) in [6.45, 7) is 6.24. The lowest BCUT2D eigenvalue weighted by Crippen LogP contribution is -2.44. The summed E-state index contributed by atoms with van der Waals surface area (Å²) in [5, 5.41) is 0.510. The Morgan fingerprint density at radius 2 is 1.83 bits per heavy atom. The van der Waals surface area contributed by atoms with Crippen molar-refractivity contribution in [1.82, 2.24) is 4.90 Å². The first-order valence-electron chi connectivity index (χ1n) is 9.40. The zero-order chi connectivity index (χ0) is 21.1. The maximum absolute atomic E-state index is 13.4. The van der Waals surface area contributed by atoms with Gasteiger partial charge in [-0.05, 0) is 42.7 Å². The van der Waals surface area contributed by atoms with Crippen LogP contribution in [0.2, 0.25) is 10.0 Å². The molecule has 0 spiro atoms. The van der Waals surface area contributed by atoms with E-state index >= 15 is 0 Å².